The molecule has 0 N–H and O–H groups in total. The van der Waals surface area contributed by atoms with E-state index in [0.29, 0.717) is 6.61 Å². The summed E-state index contributed by atoms with van der Waals surface area (Å²) in [4.78, 5) is 11.8. The van der Waals surface area contributed by atoms with E-state index in [-0.39, 0.29) is 5.97 Å². The van der Waals surface area contributed by atoms with Gasteiger partial charge in [-0.15, -0.1) is 0 Å². The first kappa shape index (κ1) is 14.5. The predicted octanol–water partition coefficient (Wildman–Crippen LogP) is 4.44. The highest BCUT2D eigenvalue weighted by Gasteiger charge is 2.08. The van der Waals surface area contributed by atoms with Crippen LogP contribution >= 0.6 is 15.9 Å². The van der Waals surface area contributed by atoms with Gasteiger partial charge in [-0.05, 0) is 35.8 Å². The van der Waals surface area contributed by atoms with Crippen molar-refractivity contribution in [2.75, 3.05) is 6.61 Å². The van der Waals surface area contributed by atoms with Gasteiger partial charge in [-0.1, -0.05) is 58.4 Å². The molecule has 0 unspecified atom stereocenters. The molecule has 0 aliphatic heterocycles. The van der Waals surface area contributed by atoms with Crippen LogP contribution in [0.4, 0.5) is 0 Å². The van der Waals surface area contributed by atoms with Gasteiger partial charge < -0.3 is 4.74 Å². The Labute approximate surface area is 127 Å². The van der Waals surface area contributed by atoms with Crippen molar-refractivity contribution in [2.45, 2.75) is 6.92 Å². The van der Waals surface area contributed by atoms with Crippen LogP contribution in [0.5, 0.6) is 0 Å². The Morgan fingerprint density at radius 2 is 1.65 bits per heavy atom. The van der Waals surface area contributed by atoms with Crippen molar-refractivity contribution in [3.63, 3.8) is 0 Å². The minimum atomic E-state index is -0.325. The van der Waals surface area contributed by atoms with E-state index >= 15 is 0 Å². The lowest BCUT2D eigenvalue weighted by Crippen LogP contribution is -2.01. The average Bonchev–Trinajstić information content (AvgIpc) is 2.47. The summed E-state index contributed by atoms with van der Waals surface area (Å²) in [7, 11) is 0. The summed E-state index contributed by atoms with van der Waals surface area (Å²) in [6.07, 6.45) is 1.54. The largest absolute Gasteiger partial charge is 0.463 e. The minimum absolute atomic E-state index is 0.325. The van der Waals surface area contributed by atoms with Crippen LogP contribution in [0.25, 0.3) is 5.57 Å². The molecule has 102 valence electrons. The lowest BCUT2D eigenvalue weighted by Gasteiger charge is -2.08. The molecule has 0 spiro atoms. The van der Waals surface area contributed by atoms with Crippen molar-refractivity contribution >= 4 is 27.5 Å². The van der Waals surface area contributed by atoms with Gasteiger partial charge in [0.25, 0.3) is 0 Å². The Morgan fingerprint density at radius 3 is 2.25 bits per heavy atom. The van der Waals surface area contributed by atoms with Crippen molar-refractivity contribution in [3.05, 3.63) is 76.3 Å². The third kappa shape index (κ3) is 3.81. The zero-order chi connectivity index (χ0) is 14.4. The van der Waals surface area contributed by atoms with Crippen LogP contribution in [0, 0.1) is 0 Å². The molecule has 0 amide bonds. The number of carbonyl (C=O) groups is 1. The molecular weight excluding hydrogens is 316 g/mol. The first-order valence-electron chi connectivity index (χ1n) is 6.40. The van der Waals surface area contributed by atoms with Crippen molar-refractivity contribution in [1.82, 2.24) is 0 Å². The molecule has 0 saturated carbocycles. The minimum Gasteiger partial charge on any atom is -0.463 e. The van der Waals surface area contributed by atoms with Crippen LogP contribution in [0.3, 0.4) is 0 Å². The molecule has 3 heteroatoms. The van der Waals surface area contributed by atoms with E-state index < -0.39 is 0 Å². The standard InChI is InChI=1S/C17H15BrO2/c1-2-20-17(19)12-16(13-6-4-3-5-7-13)14-8-10-15(18)11-9-14/h3-12H,2H2,1H3/b16-12-. The molecule has 2 rings (SSSR count). The maximum Gasteiger partial charge on any atom is 0.331 e. The van der Waals surface area contributed by atoms with Crippen LogP contribution in [-0.2, 0) is 9.53 Å². The first-order chi connectivity index (χ1) is 9.70. The third-order valence-electron chi connectivity index (χ3n) is 2.79. The van der Waals surface area contributed by atoms with Crippen LogP contribution in [0.1, 0.15) is 18.1 Å². The number of carbonyl (C=O) groups excluding carboxylic acids is 1. The lowest BCUT2D eigenvalue weighted by atomic mass is 9.98. The molecule has 0 aromatic heterocycles. The molecule has 0 aliphatic carbocycles. The summed E-state index contributed by atoms with van der Waals surface area (Å²) in [6.45, 7) is 2.17. The van der Waals surface area contributed by atoms with Gasteiger partial charge in [0.15, 0.2) is 0 Å². The first-order valence-corrected chi connectivity index (χ1v) is 7.20. The third-order valence-corrected chi connectivity index (χ3v) is 3.32. The zero-order valence-electron chi connectivity index (χ0n) is 11.2. The second-order valence-electron chi connectivity index (χ2n) is 4.18. The van der Waals surface area contributed by atoms with Crippen LogP contribution in [-0.4, -0.2) is 12.6 Å². The Balaban J connectivity index is 2.44. The number of hydrogen-bond donors (Lipinski definition) is 0. The van der Waals surface area contributed by atoms with Crippen molar-refractivity contribution < 1.29 is 9.53 Å². The Bertz CT molecular complexity index is 601. The summed E-state index contributed by atoms with van der Waals surface area (Å²) in [5.74, 6) is -0.325. The number of ether oxygens (including phenoxy) is 1. The monoisotopic (exact) mass is 330 g/mol. The van der Waals surface area contributed by atoms with Crippen LogP contribution in [0.15, 0.2) is 65.1 Å². The molecule has 0 atom stereocenters. The lowest BCUT2D eigenvalue weighted by molar-refractivity contribution is -0.137. The van der Waals surface area contributed by atoms with E-state index in [1.165, 1.54) is 0 Å². The Morgan fingerprint density at radius 1 is 1.05 bits per heavy atom. The molecular formula is C17H15BrO2. The van der Waals surface area contributed by atoms with Gasteiger partial charge in [-0.2, -0.15) is 0 Å². The quantitative estimate of drug-likeness (QED) is 0.611. The summed E-state index contributed by atoms with van der Waals surface area (Å²) in [5, 5.41) is 0. The van der Waals surface area contributed by atoms with Gasteiger partial charge in [-0.3, -0.25) is 0 Å². The van der Waals surface area contributed by atoms with E-state index in [4.69, 9.17) is 4.74 Å². The van der Waals surface area contributed by atoms with Gasteiger partial charge in [0.1, 0.15) is 0 Å². The number of hydrogen-bond acceptors (Lipinski definition) is 2. The van der Waals surface area contributed by atoms with Crippen LogP contribution < -0.4 is 0 Å². The van der Waals surface area contributed by atoms with Gasteiger partial charge in [0.05, 0.1) is 6.61 Å². The molecule has 0 aliphatic rings. The summed E-state index contributed by atoms with van der Waals surface area (Å²) < 4.78 is 6.02. The normalized spacial score (nSPS) is 11.2. The maximum atomic E-state index is 11.8. The Kier molecular flexibility index (Phi) is 5.13. The molecule has 2 aromatic carbocycles. The number of halogens is 1. The molecule has 2 nitrogen and oxygen atoms in total. The number of esters is 1. The van der Waals surface area contributed by atoms with E-state index in [2.05, 4.69) is 15.9 Å². The average molecular weight is 331 g/mol. The highest BCUT2D eigenvalue weighted by atomic mass is 79.9. The van der Waals surface area contributed by atoms with E-state index in [1.807, 2.05) is 54.6 Å². The second-order valence-corrected chi connectivity index (χ2v) is 5.10. The fourth-order valence-corrected chi connectivity index (χ4v) is 2.15. The molecule has 0 saturated heterocycles. The highest BCUT2D eigenvalue weighted by molar-refractivity contribution is 9.10. The molecule has 20 heavy (non-hydrogen) atoms. The van der Waals surface area contributed by atoms with E-state index in [0.717, 1.165) is 21.2 Å². The predicted molar refractivity (Wildman–Crippen MR) is 84.3 cm³/mol. The van der Waals surface area contributed by atoms with Crippen molar-refractivity contribution in [3.8, 4) is 0 Å². The van der Waals surface area contributed by atoms with Gasteiger partial charge in [0.2, 0.25) is 0 Å². The molecule has 0 bridgehead atoms. The zero-order valence-corrected chi connectivity index (χ0v) is 12.8. The topological polar surface area (TPSA) is 26.3 Å². The van der Waals surface area contributed by atoms with Gasteiger partial charge in [0, 0.05) is 10.5 Å². The summed E-state index contributed by atoms with van der Waals surface area (Å²) in [5.41, 5.74) is 2.83. The number of rotatable bonds is 4. The second kappa shape index (κ2) is 7.06. The van der Waals surface area contributed by atoms with Crippen LogP contribution in [0.2, 0.25) is 0 Å². The van der Waals surface area contributed by atoms with Crippen molar-refractivity contribution in [2.24, 2.45) is 0 Å². The summed E-state index contributed by atoms with van der Waals surface area (Å²) >= 11 is 3.42. The molecule has 0 fully saturated rings. The maximum absolute atomic E-state index is 11.8. The molecule has 0 radical (unpaired) electrons. The fraction of sp³-hybridized carbons (Fsp3) is 0.118. The number of benzene rings is 2. The molecule has 0 heterocycles. The van der Waals surface area contributed by atoms with Gasteiger partial charge >= 0.3 is 5.97 Å². The SMILES string of the molecule is CCOC(=O)/C=C(/c1ccccc1)c1ccc(Br)cc1. The van der Waals surface area contributed by atoms with Crippen molar-refractivity contribution in [1.29, 1.82) is 0 Å². The highest BCUT2D eigenvalue weighted by Crippen LogP contribution is 2.24. The smallest absolute Gasteiger partial charge is 0.331 e. The Hall–Kier alpha value is -1.87. The fourth-order valence-electron chi connectivity index (χ4n) is 1.88. The summed E-state index contributed by atoms with van der Waals surface area (Å²) in [6, 6.07) is 17.7. The van der Waals surface area contributed by atoms with Gasteiger partial charge in [-0.25, -0.2) is 4.79 Å². The van der Waals surface area contributed by atoms with E-state index in [1.54, 1.807) is 13.0 Å². The molecule has 2 aromatic rings. The van der Waals surface area contributed by atoms with E-state index in [9.17, 15) is 4.79 Å².